The molecule has 3 N–H and O–H groups in total. The number of carbonyl (C=O) groups is 1. The van der Waals surface area contributed by atoms with Crippen LogP contribution in [0.1, 0.15) is 69.2 Å². The molecule has 2 fully saturated rings. The van der Waals surface area contributed by atoms with Crippen molar-refractivity contribution in [2.24, 2.45) is 24.1 Å². The number of fused-ring (bicyclic) bond motifs is 3. The Morgan fingerprint density at radius 2 is 1.88 bits per heavy atom. The fourth-order valence-corrected chi connectivity index (χ4v) is 9.38. The summed E-state index contributed by atoms with van der Waals surface area (Å²) in [6, 6.07) is 13.6. The molecule has 4 aromatic rings. The minimum atomic E-state index is -0.610. The molecule has 50 heavy (non-hydrogen) atoms. The van der Waals surface area contributed by atoms with Crippen LogP contribution in [0.5, 0.6) is 11.5 Å². The first kappa shape index (κ1) is 33.5. The number of likely N-dealkylation sites (N-methyl/N-ethyl adjacent to an activating group) is 1. The summed E-state index contributed by atoms with van der Waals surface area (Å²) >= 11 is 14.0. The number of nitrogens with zero attached hydrogens (tertiary/aromatic N) is 4. The van der Waals surface area contributed by atoms with Crippen LogP contribution in [0.3, 0.4) is 0 Å². The van der Waals surface area contributed by atoms with Gasteiger partial charge in [0.15, 0.2) is 17.3 Å². The van der Waals surface area contributed by atoms with Crippen LogP contribution in [0.4, 0.5) is 4.39 Å². The van der Waals surface area contributed by atoms with Crippen LogP contribution >= 0.6 is 23.2 Å². The zero-order valence-corrected chi connectivity index (χ0v) is 29.8. The Balaban J connectivity index is 1.09. The van der Waals surface area contributed by atoms with E-state index < -0.39 is 17.8 Å². The number of carbonyl (C=O) groups excluding carboxylic acids is 1. The maximum atomic E-state index is 16.1. The largest absolute Gasteiger partial charge is 0.493 e. The van der Waals surface area contributed by atoms with E-state index in [0.29, 0.717) is 35.9 Å². The highest BCUT2D eigenvalue weighted by Crippen LogP contribution is 2.58. The summed E-state index contributed by atoms with van der Waals surface area (Å²) in [5, 5.41) is 10.6. The number of amides is 1. The Kier molecular flexibility index (Phi) is 8.39. The number of hydrogen-bond donors (Lipinski definition) is 2. The van der Waals surface area contributed by atoms with Gasteiger partial charge in [-0.05, 0) is 60.5 Å². The van der Waals surface area contributed by atoms with Crippen molar-refractivity contribution in [2.75, 3.05) is 40.4 Å². The van der Waals surface area contributed by atoms with Gasteiger partial charge in [-0.1, -0.05) is 59.6 Å². The lowest BCUT2D eigenvalue weighted by Crippen LogP contribution is -2.33. The summed E-state index contributed by atoms with van der Waals surface area (Å²) in [4.78, 5) is 21.3. The molecule has 1 saturated carbocycles. The fourth-order valence-electron chi connectivity index (χ4n) is 8.78. The molecule has 3 aromatic carbocycles. The third-order valence-electron chi connectivity index (χ3n) is 11.5. The van der Waals surface area contributed by atoms with Crippen molar-refractivity contribution >= 4 is 29.1 Å². The van der Waals surface area contributed by atoms with Crippen LogP contribution in [-0.2, 0) is 26.4 Å². The van der Waals surface area contributed by atoms with Crippen LogP contribution in [0, 0.1) is 17.2 Å². The average molecular weight is 721 g/mol. The summed E-state index contributed by atoms with van der Waals surface area (Å²) in [6.07, 6.45) is 2.72. The molecule has 3 heterocycles. The minimum absolute atomic E-state index is 0.00999. The summed E-state index contributed by atoms with van der Waals surface area (Å²) in [7, 11) is 5.32. The van der Waals surface area contributed by atoms with Crippen molar-refractivity contribution < 1.29 is 23.8 Å². The van der Waals surface area contributed by atoms with Gasteiger partial charge in [-0.25, -0.2) is 4.98 Å². The third kappa shape index (κ3) is 5.30. The highest BCUT2D eigenvalue weighted by molar-refractivity contribution is 6.34. The van der Waals surface area contributed by atoms with E-state index >= 15 is 4.39 Å². The van der Waals surface area contributed by atoms with Gasteiger partial charge < -0.3 is 24.9 Å². The molecule has 0 radical (unpaired) electrons. The highest BCUT2D eigenvalue weighted by atomic mass is 35.5. The quantitative estimate of drug-likeness (QED) is 0.216. The van der Waals surface area contributed by atoms with Crippen molar-refractivity contribution in [3.63, 3.8) is 0 Å². The first-order valence-corrected chi connectivity index (χ1v) is 17.8. The number of aromatic nitrogens is 2. The van der Waals surface area contributed by atoms with Crippen molar-refractivity contribution in [1.29, 1.82) is 0 Å². The standard InChI is InChI=1S/C38H40Cl2FN5O4/c1-44-13-12-28-32(43-37(36(42)48)45(28)2)33(44)26-9-5-8-25(30(26)40)22-6-4-7-24-23(22)10-11-29(24)50-35-27(39)14-20(34(49-3)31(35)41)16-46-17-21-15-38(21,18-46)19-47/h4-9,14,21,29,33,47H,10-13,15-19H2,1-3H3,(H2,42,48). The van der Waals surface area contributed by atoms with Gasteiger partial charge in [0.25, 0.3) is 5.91 Å². The molecular formula is C38H40Cl2FN5O4. The van der Waals surface area contributed by atoms with Gasteiger partial charge in [-0.15, -0.1) is 0 Å². The number of nitrogens with two attached hydrogens (primary N) is 1. The van der Waals surface area contributed by atoms with Crippen LogP contribution in [0.2, 0.25) is 10.0 Å². The maximum absolute atomic E-state index is 16.1. The number of rotatable bonds is 9. The second-order valence-electron chi connectivity index (χ2n) is 14.3. The molecule has 1 aromatic heterocycles. The van der Waals surface area contributed by atoms with E-state index in [-0.39, 0.29) is 40.4 Å². The van der Waals surface area contributed by atoms with E-state index in [1.807, 2.05) is 44.4 Å². The van der Waals surface area contributed by atoms with Crippen molar-refractivity contribution in [2.45, 2.75) is 44.4 Å². The molecule has 262 valence electrons. The third-order valence-corrected chi connectivity index (χ3v) is 12.2. The van der Waals surface area contributed by atoms with Gasteiger partial charge in [0.2, 0.25) is 5.82 Å². The van der Waals surface area contributed by atoms with Crippen molar-refractivity contribution in [3.05, 3.63) is 97.8 Å². The van der Waals surface area contributed by atoms with Crippen LogP contribution < -0.4 is 15.2 Å². The number of likely N-dealkylation sites (tertiary alicyclic amines) is 1. The number of ether oxygens (including phenoxy) is 2. The van der Waals surface area contributed by atoms with Crippen molar-refractivity contribution in [3.8, 4) is 22.6 Å². The van der Waals surface area contributed by atoms with E-state index in [2.05, 4.69) is 20.9 Å². The van der Waals surface area contributed by atoms with Gasteiger partial charge >= 0.3 is 0 Å². The predicted molar refractivity (Wildman–Crippen MR) is 189 cm³/mol. The van der Waals surface area contributed by atoms with E-state index in [4.69, 9.17) is 38.4 Å². The first-order chi connectivity index (χ1) is 24.0. The van der Waals surface area contributed by atoms with Crippen molar-refractivity contribution in [1.82, 2.24) is 19.4 Å². The van der Waals surface area contributed by atoms with E-state index in [9.17, 15) is 9.90 Å². The summed E-state index contributed by atoms with van der Waals surface area (Å²) in [5.74, 6) is -0.340. The molecule has 4 unspecified atom stereocenters. The predicted octanol–water partition coefficient (Wildman–Crippen LogP) is 6.10. The molecule has 0 bridgehead atoms. The lowest BCUT2D eigenvalue weighted by molar-refractivity contribution is 0.0987. The minimum Gasteiger partial charge on any atom is -0.493 e. The number of aliphatic hydroxyl groups is 1. The number of halogens is 3. The topological polar surface area (TPSA) is 106 Å². The molecule has 8 rings (SSSR count). The number of aliphatic hydroxyl groups excluding tert-OH is 1. The van der Waals surface area contributed by atoms with E-state index in [1.54, 1.807) is 10.6 Å². The molecule has 4 atom stereocenters. The number of piperidine rings is 1. The second kappa shape index (κ2) is 12.5. The Hall–Kier alpha value is -3.67. The molecule has 12 heteroatoms. The van der Waals surface area contributed by atoms with Crippen LogP contribution in [0.25, 0.3) is 11.1 Å². The Bertz CT molecular complexity index is 2030. The summed E-state index contributed by atoms with van der Waals surface area (Å²) in [5.41, 5.74) is 12.9. The van der Waals surface area contributed by atoms with Gasteiger partial charge in [0.05, 0.1) is 35.5 Å². The molecule has 1 amide bonds. The van der Waals surface area contributed by atoms with Gasteiger partial charge in [-0.2, -0.15) is 4.39 Å². The lowest BCUT2D eigenvalue weighted by atomic mass is 9.91. The van der Waals surface area contributed by atoms with Crippen LogP contribution in [0.15, 0.2) is 42.5 Å². The zero-order chi connectivity index (χ0) is 35.1. The Morgan fingerprint density at radius 1 is 1.12 bits per heavy atom. The highest BCUT2D eigenvalue weighted by Gasteiger charge is 2.59. The monoisotopic (exact) mass is 719 g/mol. The SMILES string of the molecule is COc1c(CN2CC3CC3(CO)C2)cc(Cl)c(OC2CCc3c(-c4cccc(C5c6nc(C(N)=O)n(C)c6CCN5C)c4Cl)cccc32)c1F. The average Bonchev–Trinajstić information content (AvgIpc) is 3.35. The van der Waals surface area contributed by atoms with Gasteiger partial charge in [0.1, 0.15) is 6.10 Å². The molecule has 0 spiro atoms. The fraction of sp³-hybridized carbons (Fsp3) is 0.421. The number of imidazole rings is 1. The van der Waals surface area contributed by atoms with Gasteiger partial charge in [0, 0.05) is 61.9 Å². The Labute approximate surface area is 300 Å². The molecule has 4 aliphatic rings. The Morgan fingerprint density at radius 3 is 2.60 bits per heavy atom. The van der Waals surface area contributed by atoms with E-state index in [1.165, 1.54) is 7.11 Å². The molecule has 2 aliphatic carbocycles. The number of primary amides is 1. The molecule has 1 saturated heterocycles. The first-order valence-electron chi connectivity index (χ1n) is 17.1. The van der Waals surface area contributed by atoms with E-state index in [0.717, 1.165) is 71.7 Å². The molecular weight excluding hydrogens is 680 g/mol. The zero-order valence-electron chi connectivity index (χ0n) is 28.3. The smallest absolute Gasteiger partial charge is 0.284 e. The maximum Gasteiger partial charge on any atom is 0.284 e. The second-order valence-corrected chi connectivity index (χ2v) is 15.1. The molecule has 2 aliphatic heterocycles. The van der Waals surface area contributed by atoms with Crippen LogP contribution in [-0.4, -0.2) is 70.8 Å². The summed E-state index contributed by atoms with van der Waals surface area (Å²) in [6.45, 7) is 3.08. The summed E-state index contributed by atoms with van der Waals surface area (Å²) < 4.78 is 29.9. The normalized spacial score (nSPS) is 24.2. The number of benzene rings is 3. The number of methoxy groups -OCH3 is 1. The lowest BCUT2D eigenvalue weighted by Gasteiger charge is -2.33. The number of hydrogen-bond acceptors (Lipinski definition) is 7. The van der Waals surface area contributed by atoms with Gasteiger partial charge in [-0.3, -0.25) is 14.6 Å². The molecule has 9 nitrogen and oxygen atoms in total.